The summed E-state index contributed by atoms with van der Waals surface area (Å²) in [5, 5.41) is 2.04. The molecule has 0 aromatic carbocycles. The highest BCUT2D eigenvalue weighted by Crippen LogP contribution is 2.29. The minimum atomic E-state index is -4.64. The van der Waals surface area contributed by atoms with Gasteiger partial charge in [0.2, 0.25) is 5.91 Å². The zero-order valence-corrected chi connectivity index (χ0v) is 12.5. The lowest BCUT2D eigenvalue weighted by molar-refractivity contribution is -0.138. The van der Waals surface area contributed by atoms with Crippen molar-refractivity contribution in [1.29, 1.82) is 0 Å². The van der Waals surface area contributed by atoms with Crippen molar-refractivity contribution in [2.45, 2.75) is 39.5 Å². The topological polar surface area (TPSA) is 51.1 Å². The van der Waals surface area contributed by atoms with E-state index in [0.717, 1.165) is 0 Å². The number of pyridine rings is 1. The molecule has 0 fully saturated rings. The summed E-state index contributed by atoms with van der Waals surface area (Å²) in [5.41, 5.74) is -1.91. The van der Waals surface area contributed by atoms with Gasteiger partial charge in [-0.05, 0) is 18.9 Å². The number of halogens is 4. The van der Waals surface area contributed by atoms with Crippen LogP contribution in [0.2, 0.25) is 5.02 Å². The largest absolute Gasteiger partial charge is 0.417 e. The maximum absolute atomic E-state index is 12.7. The third kappa shape index (κ3) is 4.77. The summed E-state index contributed by atoms with van der Waals surface area (Å²) in [7, 11) is 0. The van der Waals surface area contributed by atoms with Crippen LogP contribution in [0.5, 0.6) is 0 Å². The predicted octanol–water partition coefficient (Wildman–Crippen LogP) is 2.68. The Hall–Kier alpha value is -1.50. The van der Waals surface area contributed by atoms with E-state index in [0.29, 0.717) is 16.8 Å². The lowest BCUT2D eigenvalue weighted by atomic mass is 10.1. The van der Waals surface area contributed by atoms with E-state index in [1.807, 2.05) is 13.8 Å². The second-order valence-corrected chi connectivity index (χ2v) is 5.51. The number of aromatic nitrogens is 1. The van der Waals surface area contributed by atoms with Crippen molar-refractivity contribution >= 4 is 17.5 Å². The Kier molecular flexibility index (Phi) is 5.44. The van der Waals surface area contributed by atoms with E-state index in [2.05, 4.69) is 5.32 Å². The molecule has 0 aliphatic rings. The highest BCUT2D eigenvalue weighted by atomic mass is 35.5. The first-order valence-electron chi connectivity index (χ1n) is 6.29. The standard InChI is InChI=1S/C13H16ClF3N2O2/c1-7(2)8(3)18-11(20)6-19-5-9(13(15,16)17)4-10(14)12(19)21/h4-5,7-8H,6H2,1-3H3,(H,18,20)/t8-/m1/s1. The van der Waals surface area contributed by atoms with Crippen LogP contribution in [0.25, 0.3) is 0 Å². The molecular formula is C13H16ClF3N2O2. The number of alkyl halides is 3. The van der Waals surface area contributed by atoms with Crippen LogP contribution in [0, 0.1) is 5.92 Å². The van der Waals surface area contributed by atoms with Crippen LogP contribution in [-0.4, -0.2) is 16.5 Å². The van der Waals surface area contributed by atoms with Crippen LogP contribution in [-0.2, 0) is 17.5 Å². The number of nitrogens with one attached hydrogen (secondary N) is 1. The molecule has 1 atom stereocenters. The molecule has 0 aliphatic heterocycles. The molecule has 8 heteroatoms. The molecule has 0 radical (unpaired) electrons. The summed E-state index contributed by atoms with van der Waals surface area (Å²) in [6.45, 7) is 5.03. The van der Waals surface area contributed by atoms with Crippen molar-refractivity contribution < 1.29 is 18.0 Å². The summed E-state index contributed by atoms with van der Waals surface area (Å²) in [5.74, 6) is -0.385. The van der Waals surface area contributed by atoms with Crippen LogP contribution in [0.1, 0.15) is 26.3 Å². The Balaban J connectivity index is 3.01. The van der Waals surface area contributed by atoms with Gasteiger partial charge in [-0.15, -0.1) is 0 Å². The molecule has 0 spiro atoms. The lowest BCUT2D eigenvalue weighted by Gasteiger charge is -2.18. The fourth-order valence-electron chi connectivity index (χ4n) is 1.49. The van der Waals surface area contributed by atoms with Gasteiger partial charge in [-0.25, -0.2) is 0 Å². The van der Waals surface area contributed by atoms with Crippen LogP contribution in [0.3, 0.4) is 0 Å². The summed E-state index contributed by atoms with van der Waals surface area (Å²) < 4.78 is 38.6. The maximum atomic E-state index is 12.7. The average molecular weight is 325 g/mol. The quantitative estimate of drug-likeness (QED) is 0.925. The van der Waals surface area contributed by atoms with Crippen LogP contribution >= 0.6 is 11.6 Å². The normalized spacial score (nSPS) is 13.3. The molecule has 1 N–H and O–H groups in total. The van der Waals surface area contributed by atoms with E-state index in [1.165, 1.54) is 0 Å². The van der Waals surface area contributed by atoms with Crippen molar-refractivity contribution in [3.05, 3.63) is 33.2 Å². The summed E-state index contributed by atoms with van der Waals surface area (Å²) in [4.78, 5) is 23.4. The molecule has 1 aromatic heterocycles. The Labute approximate surface area is 124 Å². The summed E-state index contributed by atoms with van der Waals surface area (Å²) in [6.07, 6.45) is -4.05. The zero-order valence-electron chi connectivity index (χ0n) is 11.8. The number of hydrogen-bond donors (Lipinski definition) is 1. The number of nitrogens with zero attached hydrogens (tertiary/aromatic N) is 1. The first-order chi connectivity index (χ1) is 9.52. The van der Waals surface area contributed by atoms with Crippen molar-refractivity contribution in [2.24, 2.45) is 5.92 Å². The van der Waals surface area contributed by atoms with E-state index in [-0.39, 0.29) is 12.0 Å². The van der Waals surface area contributed by atoms with Gasteiger partial charge in [0, 0.05) is 12.2 Å². The molecule has 0 unspecified atom stereocenters. The number of carbonyl (C=O) groups excluding carboxylic acids is 1. The SMILES string of the molecule is CC(C)[C@@H](C)NC(=O)Cn1cc(C(F)(F)F)cc(Cl)c1=O. The van der Waals surface area contributed by atoms with E-state index >= 15 is 0 Å². The Morgan fingerprint density at radius 3 is 2.43 bits per heavy atom. The third-order valence-electron chi connectivity index (χ3n) is 3.07. The monoisotopic (exact) mass is 324 g/mol. The molecule has 0 saturated heterocycles. The Morgan fingerprint density at radius 2 is 1.95 bits per heavy atom. The minimum absolute atomic E-state index is 0.158. The fourth-order valence-corrected chi connectivity index (χ4v) is 1.72. The summed E-state index contributed by atoms with van der Waals surface area (Å²) in [6, 6.07) is 0.393. The van der Waals surface area contributed by atoms with Crippen LogP contribution < -0.4 is 10.9 Å². The third-order valence-corrected chi connectivity index (χ3v) is 3.34. The van der Waals surface area contributed by atoms with Gasteiger partial charge in [0.15, 0.2) is 0 Å². The molecule has 21 heavy (non-hydrogen) atoms. The number of amides is 1. The molecule has 1 heterocycles. The highest BCUT2D eigenvalue weighted by molar-refractivity contribution is 6.30. The van der Waals surface area contributed by atoms with E-state index in [4.69, 9.17) is 11.6 Å². The number of rotatable bonds is 4. The molecule has 1 aromatic rings. The van der Waals surface area contributed by atoms with Gasteiger partial charge in [-0.2, -0.15) is 13.2 Å². The van der Waals surface area contributed by atoms with Crippen molar-refractivity contribution in [3.63, 3.8) is 0 Å². The van der Waals surface area contributed by atoms with E-state index in [1.54, 1.807) is 6.92 Å². The maximum Gasteiger partial charge on any atom is 0.417 e. The van der Waals surface area contributed by atoms with E-state index < -0.39 is 34.8 Å². The van der Waals surface area contributed by atoms with Gasteiger partial charge >= 0.3 is 6.18 Å². The molecule has 118 valence electrons. The molecule has 1 rings (SSSR count). The molecule has 0 bridgehead atoms. The van der Waals surface area contributed by atoms with Crippen molar-refractivity contribution in [2.75, 3.05) is 0 Å². The van der Waals surface area contributed by atoms with Crippen molar-refractivity contribution in [1.82, 2.24) is 9.88 Å². The van der Waals surface area contributed by atoms with E-state index in [9.17, 15) is 22.8 Å². The fraction of sp³-hybridized carbons (Fsp3) is 0.538. The summed E-state index contributed by atoms with van der Waals surface area (Å²) >= 11 is 5.50. The molecule has 1 amide bonds. The molecule has 0 aliphatic carbocycles. The van der Waals surface area contributed by atoms with Gasteiger partial charge < -0.3 is 9.88 Å². The highest BCUT2D eigenvalue weighted by Gasteiger charge is 2.32. The first kappa shape index (κ1) is 17.6. The molecule has 4 nitrogen and oxygen atoms in total. The second-order valence-electron chi connectivity index (χ2n) is 5.11. The van der Waals surface area contributed by atoms with Gasteiger partial charge in [0.05, 0.1) is 5.56 Å². The lowest BCUT2D eigenvalue weighted by Crippen LogP contribution is -2.40. The zero-order chi connectivity index (χ0) is 16.4. The second kappa shape index (κ2) is 6.51. The first-order valence-corrected chi connectivity index (χ1v) is 6.66. The smallest absolute Gasteiger partial charge is 0.352 e. The van der Waals surface area contributed by atoms with Crippen LogP contribution in [0.15, 0.2) is 17.1 Å². The molecule has 0 saturated carbocycles. The minimum Gasteiger partial charge on any atom is -0.352 e. The number of carbonyl (C=O) groups is 1. The van der Waals surface area contributed by atoms with Gasteiger partial charge in [0.1, 0.15) is 11.6 Å². The van der Waals surface area contributed by atoms with Crippen LogP contribution in [0.4, 0.5) is 13.2 Å². The Morgan fingerprint density at radius 1 is 1.38 bits per heavy atom. The van der Waals surface area contributed by atoms with Gasteiger partial charge in [0.25, 0.3) is 5.56 Å². The molecular weight excluding hydrogens is 309 g/mol. The predicted molar refractivity (Wildman–Crippen MR) is 73.2 cm³/mol. The van der Waals surface area contributed by atoms with Gasteiger partial charge in [-0.1, -0.05) is 25.4 Å². The van der Waals surface area contributed by atoms with Gasteiger partial charge in [-0.3, -0.25) is 9.59 Å². The number of hydrogen-bond acceptors (Lipinski definition) is 2. The van der Waals surface area contributed by atoms with Crippen molar-refractivity contribution in [3.8, 4) is 0 Å². The average Bonchev–Trinajstić information content (AvgIpc) is 2.33. The Bertz CT molecular complexity index is 582.